The average molecular weight is 419 g/mol. The highest BCUT2D eigenvalue weighted by molar-refractivity contribution is 6.08. The molecule has 0 atom stereocenters. The van der Waals surface area contributed by atoms with Crippen molar-refractivity contribution in [3.63, 3.8) is 0 Å². The number of rotatable bonds is 5. The van der Waals surface area contributed by atoms with Crippen LogP contribution in [0.4, 0.5) is 30.2 Å². The lowest BCUT2D eigenvalue weighted by Gasteiger charge is -2.29. The molecule has 2 aliphatic rings. The molecule has 0 bridgehead atoms. The number of alkyl halides is 3. The molecule has 0 radical (unpaired) electrons. The van der Waals surface area contributed by atoms with Gasteiger partial charge >= 0.3 is 6.18 Å². The van der Waals surface area contributed by atoms with E-state index < -0.39 is 18.5 Å². The van der Waals surface area contributed by atoms with Crippen LogP contribution in [0.25, 0.3) is 0 Å². The zero-order valence-corrected chi connectivity index (χ0v) is 16.7. The van der Waals surface area contributed by atoms with Gasteiger partial charge < -0.3 is 16.0 Å². The smallest absolute Gasteiger partial charge is 0.383 e. The minimum absolute atomic E-state index is 0.0602. The zero-order valence-electron chi connectivity index (χ0n) is 16.7. The van der Waals surface area contributed by atoms with Crippen LogP contribution < -0.4 is 16.0 Å². The lowest BCUT2D eigenvalue weighted by molar-refractivity contribution is -0.126. The fourth-order valence-corrected chi connectivity index (χ4v) is 3.79. The van der Waals surface area contributed by atoms with Gasteiger partial charge in [0.1, 0.15) is 0 Å². The van der Waals surface area contributed by atoms with E-state index in [0.29, 0.717) is 24.9 Å². The Balaban J connectivity index is 2.01. The molecule has 0 saturated heterocycles. The molecular weight excluding hydrogens is 395 g/mol. The average Bonchev–Trinajstić information content (AvgIpc) is 2.70. The molecule has 3 N–H and O–H groups in total. The number of hydrogen-bond donors (Lipinski definition) is 3. The van der Waals surface area contributed by atoms with Gasteiger partial charge in [-0.15, -0.1) is 0 Å². The molecule has 0 aliphatic carbocycles. The van der Waals surface area contributed by atoms with Crippen LogP contribution >= 0.6 is 0 Å². The third kappa shape index (κ3) is 4.75. The van der Waals surface area contributed by atoms with Crippen molar-refractivity contribution in [3.8, 4) is 0 Å². The molecule has 1 aromatic rings. The van der Waals surface area contributed by atoms with Gasteiger partial charge in [-0.3, -0.25) is 9.59 Å². The van der Waals surface area contributed by atoms with E-state index >= 15 is 0 Å². The van der Waals surface area contributed by atoms with E-state index in [9.17, 15) is 22.8 Å². The first kappa shape index (κ1) is 21.7. The van der Waals surface area contributed by atoms with Crippen LogP contribution in [0.5, 0.6) is 0 Å². The Morgan fingerprint density at radius 1 is 1.27 bits per heavy atom. The lowest BCUT2D eigenvalue weighted by Crippen LogP contribution is -2.25. The van der Waals surface area contributed by atoms with Crippen LogP contribution in [0, 0.1) is 0 Å². The van der Waals surface area contributed by atoms with Crippen LogP contribution in [-0.4, -0.2) is 24.5 Å². The number of carbonyl (C=O) groups excluding carboxylic acids is 2. The Morgan fingerprint density at radius 3 is 2.70 bits per heavy atom. The van der Waals surface area contributed by atoms with Crippen molar-refractivity contribution in [1.82, 2.24) is 0 Å². The Kier molecular flexibility index (Phi) is 6.34. The fourth-order valence-electron chi connectivity index (χ4n) is 3.79. The SMILES string of the molecule is C=C/C(CC(F)(F)F)=C(\C=C/C)C(=O)Nc1cc2c(c3c1CCCN3)NC(=O)CC2. The van der Waals surface area contributed by atoms with Gasteiger partial charge in [0.2, 0.25) is 5.91 Å². The number of anilines is 3. The van der Waals surface area contributed by atoms with E-state index in [4.69, 9.17) is 0 Å². The van der Waals surface area contributed by atoms with Crippen molar-refractivity contribution in [1.29, 1.82) is 0 Å². The second-order valence-corrected chi connectivity index (χ2v) is 7.28. The molecule has 3 rings (SSSR count). The molecule has 0 spiro atoms. The highest BCUT2D eigenvalue weighted by atomic mass is 19.4. The Bertz CT molecular complexity index is 946. The van der Waals surface area contributed by atoms with Gasteiger partial charge in [-0.2, -0.15) is 13.2 Å². The van der Waals surface area contributed by atoms with E-state index in [1.165, 1.54) is 12.2 Å². The summed E-state index contributed by atoms with van der Waals surface area (Å²) in [6.07, 6.45) is 0.658. The van der Waals surface area contributed by atoms with Gasteiger partial charge in [-0.1, -0.05) is 24.8 Å². The molecule has 0 aromatic heterocycles. The number of carbonyl (C=O) groups is 2. The van der Waals surface area contributed by atoms with Gasteiger partial charge in [0.05, 0.1) is 17.8 Å². The number of amides is 2. The van der Waals surface area contributed by atoms with Crippen LogP contribution in [-0.2, 0) is 22.4 Å². The lowest BCUT2D eigenvalue weighted by atomic mass is 9.92. The predicted molar refractivity (Wildman–Crippen MR) is 112 cm³/mol. The molecule has 5 nitrogen and oxygen atoms in total. The minimum Gasteiger partial charge on any atom is -0.383 e. The van der Waals surface area contributed by atoms with Crippen molar-refractivity contribution in [2.45, 2.75) is 45.2 Å². The maximum absolute atomic E-state index is 13.0. The summed E-state index contributed by atoms with van der Waals surface area (Å²) in [5.74, 6) is -0.685. The third-order valence-electron chi connectivity index (χ3n) is 5.12. The Hall–Kier alpha value is -3.03. The van der Waals surface area contributed by atoms with Crippen LogP contribution in [0.1, 0.15) is 37.3 Å². The molecule has 2 amide bonds. The van der Waals surface area contributed by atoms with E-state index in [2.05, 4.69) is 22.5 Å². The largest absolute Gasteiger partial charge is 0.393 e. The Labute approximate surface area is 173 Å². The van der Waals surface area contributed by atoms with Crippen molar-refractivity contribution in [2.75, 3.05) is 22.5 Å². The zero-order chi connectivity index (χ0) is 21.9. The number of allylic oxidation sites excluding steroid dienone is 3. The molecule has 30 heavy (non-hydrogen) atoms. The number of nitrogens with one attached hydrogen (secondary N) is 3. The molecule has 2 heterocycles. The van der Waals surface area contributed by atoms with E-state index in [1.807, 2.05) is 6.07 Å². The number of benzene rings is 1. The van der Waals surface area contributed by atoms with Gasteiger partial charge in [-0.05, 0) is 43.4 Å². The van der Waals surface area contributed by atoms with E-state index in [1.54, 1.807) is 6.92 Å². The summed E-state index contributed by atoms with van der Waals surface area (Å²) >= 11 is 0. The minimum atomic E-state index is -4.45. The van der Waals surface area contributed by atoms with Crippen molar-refractivity contribution < 1.29 is 22.8 Å². The summed E-state index contributed by atoms with van der Waals surface area (Å²) < 4.78 is 38.8. The maximum atomic E-state index is 13.0. The summed E-state index contributed by atoms with van der Waals surface area (Å²) in [6, 6.07) is 1.81. The first-order valence-electron chi connectivity index (χ1n) is 9.82. The molecule has 8 heteroatoms. The molecule has 160 valence electrons. The first-order valence-corrected chi connectivity index (χ1v) is 9.82. The van der Waals surface area contributed by atoms with E-state index in [0.717, 1.165) is 41.5 Å². The van der Waals surface area contributed by atoms with Crippen LogP contribution in [0.15, 0.2) is 42.0 Å². The predicted octanol–water partition coefficient (Wildman–Crippen LogP) is 4.88. The number of fused-ring (bicyclic) bond motifs is 3. The third-order valence-corrected chi connectivity index (χ3v) is 5.12. The topological polar surface area (TPSA) is 70.2 Å². The molecule has 1 aromatic carbocycles. The maximum Gasteiger partial charge on any atom is 0.393 e. The molecule has 0 fully saturated rings. The monoisotopic (exact) mass is 419 g/mol. The second kappa shape index (κ2) is 8.77. The summed E-state index contributed by atoms with van der Waals surface area (Å²) in [6.45, 7) is 5.82. The van der Waals surface area contributed by atoms with Crippen molar-refractivity contribution >= 4 is 28.9 Å². The van der Waals surface area contributed by atoms with Gasteiger partial charge in [0.15, 0.2) is 0 Å². The normalized spacial score (nSPS) is 16.7. The quantitative estimate of drug-likeness (QED) is 0.471. The first-order chi connectivity index (χ1) is 14.2. The summed E-state index contributed by atoms with van der Waals surface area (Å²) in [7, 11) is 0. The summed E-state index contributed by atoms with van der Waals surface area (Å²) in [4.78, 5) is 24.8. The number of halogens is 3. The summed E-state index contributed by atoms with van der Waals surface area (Å²) in [5, 5.41) is 8.98. The molecule has 0 saturated carbocycles. The highest BCUT2D eigenvalue weighted by Crippen LogP contribution is 2.41. The number of hydrogen-bond acceptors (Lipinski definition) is 3. The van der Waals surface area contributed by atoms with Gasteiger partial charge in [0, 0.05) is 29.8 Å². The van der Waals surface area contributed by atoms with Gasteiger partial charge in [0.25, 0.3) is 5.91 Å². The Morgan fingerprint density at radius 2 is 2.03 bits per heavy atom. The van der Waals surface area contributed by atoms with Crippen LogP contribution in [0.2, 0.25) is 0 Å². The van der Waals surface area contributed by atoms with Crippen LogP contribution in [0.3, 0.4) is 0 Å². The second-order valence-electron chi connectivity index (χ2n) is 7.28. The molecule has 2 aliphatic heterocycles. The number of aryl methyl sites for hydroxylation is 1. The van der Waals surface area contributed by atoms with Crippen molar-refractivity contribution in [2.24, 2.45) is 0 Å². The summed E-state index contributed by atoms with van der Waals surface area (Å²) in [5.41, 5.74) is 3.52. The fraction of sp³-hybridized carbons (Fsp3) is 0.364. The standard InChI is InChI=1S/C22H24F3N3O2/c1-3-6-15(13(4-2)12-22(23,24)25)21(30)27-17-11-14-8-9-18(29)28-19(14)20-16(17)7-5-10-26-20/h3-4,6,11,26H,2,5,7-10,12H2,1H3,(H,27,30)(H,28,29)/b6-3-,15-13-. The van der Waals surface area contributed by atoms with E-state index in [-0.39, 0.29) is 17.1 Å². The highest BCUT2D eigenvalue weighted by Gasteiger charge is 2.30. The van der Waals surface area contributed by atoms with Crippen molar-refractivity contribution in [3.05, 3.63) is 53.1 Å². The molecular formula is C22H24F3N3O2. The molecule has 0 unspecified atom stereocenters. The van der Waals surface area contributed by atoms with Gasteiger partial charge in [-0.25, -0.2) is 0 Å².